The molecule has 0 spiro atoms. The molecule has 0 aliphatic carbocycles. The first-order valence-corrected chi connectivity index (χ1v) is 9.73. The first kappa shape index (κ1) is 14.6. The van der Waals surface area contributed by atoms with Gasteiger partial charge >= 0.3 is 0 Å². The van der Waals surface area contributed by atoms with E-state index in [1.807, 2.05) is 0 Å². The van der Waals surface area contributed by atoms with Crippen LogP contribution in [0.4, 0.5) is 0 Å². The Labute approximate surface area is 126 Å². The van der Waals surface area contributed by atoms with E-state index in [4.69, 9.17) is 0 Å². The summed E-state index contributed by atoms with van der Waals surface area (Å²) in [6.45, 7) is 0.634. The monoisotopic (exact) mass is 415 g/mol. The van der Waals surface area contributed by atoms with E-state index in [0.717, 1.165) is 4.47 Å². The van der Waals surface area contributed by atoms with Gasteiger partial charge in [-0.2, -0.15) is 4.31 Å². The van der Waals surface area contributed by atoms with Crippen LogP contribution in [0.2, 0.25) is 0 Å². The molecule has 0 unspecified atom stereocenters. The van der Waals surface area contributed by atoms with E-state index in [-0.39, 0.29) is 4.90 Å². The van der Waals surface area contributed by atoms with Crippen LogP contribution in [-0.4, -0.2) is 41.5 Å². The first-order chi connectivity index (χ1) is 8.41. The summed E-state index contributed by atoms with van der Waals surface area (Å²) < 4.78 is 38.8. The van der Waals surface area contributed by atoms with Gasteiger partial charge in [-0.3, -0.25) is 4.21 Å². The number of hydrogen-bond donors (Lipinski definition) is 0. The number of rotatable bonds is 2. The summed E-state index contributed by atoms with van der Waals surface area (Å²) in [5, 5.41) is 0. The van der Waals surface area contributed by atoms with Gasteiger partial charge in [0.25, 0.3) is 0 Å². The Morgan fingerprint density at radius 1 is 1.17 bits per heavy atom. The van der Waals surface area contributed by atoms with E-state index < -0.39 is 20.8 Å². The zero-order valence-corrected chi connectivity index (χ0v) is 14.1. The third-order valence-corrected chi connectivity index (χ3v) is 7.29. The zero-order valence-electron chi connectivity index (χ0n) is 9.30. The predicted octanol–water partition coefficient (Wildman–Crippen LogP) is 1.96. The normalized spacial score (nSPS) is 19.0. The van der Waals surface area contributed by atoms with Gasteiger partial charge in [-0.15, -0.1) is 0 Å². The topological polar surface area (TPSA) is 54.5 Å². The number of nitrogens with zero attached hydrogens (tertiary/aromatic N) is 1. The molecule has 0 N–H and O–H groups in total. The minimum Gasteiger partial charge on any atom is -0.259 e. The van der Waals surface area contributed by atoms with E-state index in [0.29, 0.717) is 29.1 Å². The Morgan fingerprint density at radius 2 is 1.78 bits per heavy atom. The molecule has 4 nitrogen and oxygen atoms in total. The second kappa shape index (κ2) is 5.70. The van der Waals surface area contributed by atoms with Crippen molar-refractivity contribution in [3.8, 4) is 0 Å². The largest absolute Gasteiger partial charge is 0.259 e. The summed E-state index contributed by atoms with van der Waals surface area (Å²) in [5.41, 5.74) is 0. The molecule has 8 heteroatoms. The highest BCUT2D eigenvalue weighted by atomic mass is 79.9. The van der Waals surface area contributed by atoms with Crippen LogP contribution in [0.25, 0.3) is 0 Å². The summed E-state index contributed by atoms with van der Waals surface area (Å²) in [6.07, 6.45) is 0. The molecule has 0 radical (unpaired) electrons. The highest BCUT2D eigenvalue weighted by Gasteiger charge is 2.29. The molecule has 1 saturated heterocycles. The minimum absolute atomic E-state index is 0.249. The smallest absolute Gasteiger partial charge is 0.244 e. The molecule has 0 amide bonds. The third kappa shape index (κ3) is 3.04. The summed E-state index contributed by atoms with van der Waals surface area (Å²) in [4.78, 5) is 0.249. The number of halogens is 2. The number of benzene rings is 1. The molecular formula is C10H11Br2NO3S2. The van der Waals surface area contributed by atoms with Crippen LogP contribution in [0.3, 0.4) is 0 Å². The summed E-state index contributed by atoms with van der Waals surface area (Å²) in [7, 11) is -4.39. The predicted molar refractivity (Wildman–Crippen MR) is 78.5 cm³/mol. The van der Waals surface area contributed by atoms with Crippen LogP contribution in [0, 0.1) is 0 Å². The van der Waals surface area contributed by atoms with Gasteiger partial charge in [-0.1, -0.05) is 15.9 Å². The lowest BCUT2D eigenvalue weighted by Gasteiger charge is -2.26. The fraction of sp³-hybridized carbons (Fsp3) is 0.400. The maximum Gasteiger partial charge on any atom is 0.244 e. The Morgan fingerprint density at radius 3 is 2.33 bits per heavy atom. The number of hydrogen-bond acceptors (Lipinski definition) is 3. The van der Waals surface area contributed by atoms with E-state index in [1.165, 1.54) is 4.31 Å². The van der Waals surface area contributed by atoms with Crippen molar-refractivity contribution < 1.29 is 12.6 Å². The molecule has 2 rings (SSSR count). The van der Waals surface area contributed by atoms with Crippen LogP contribution in [0.15, 0.2) is 32.0 Å². The van der Waals surface area contributed by atoms with Gasteiger partial charge in [-0.25, -0.2) is 8.42 Å². The maximum atomic E-state index is 12.4. The summed E-state index contributed by atoms with van der Waals surface area (Å²) in [6, 6.07) is 4.96. The van der Waals surface area contributed by atoms with Crippen molar-refractivity contribution in [2.75, 3.05) is 24.6 Å². The van der Waals surface area contributed by atoms with Crippen LogP contribution in [-0.2, 0) is 20.8 Å². The standard InChI is InChI=1S/C10H11Br2NO3S2/c11-8-1-2-10(9(12)7-8)18(15,16)13-3-5-17(14)6-4-13/h1-2,7H,3-6H2. The van der Waals surface area contributed by atoms with Gasteiger partial charge in [-0.05, 0) is 34.1 Å². The second-order valence-electron chi connectivity index (χ2n) is 3.83. The lowest BCUT2D eigenvalue weighted by molar-refractivity contribution is 0.438. The molecule has 1 aliphatic heterocycles. The molecule has 1 aliphatic rings. The minimum atomic E-state index is -3.50. The Bertz CT molecular complexity index is 579. The van der Waals surface area contributed by atoms with Gasteiger partial charge in [0.1, 0.15) is 0 Å². The van der Waals surface area contributed by atoms with Gasteiger partial charge < -0.3 is 0 Å². The average molecular weight is 417 g/mol. The van der Waals surface area contributed by atoms with Crippen molar-refractivity contribution in [1.82, 2.24) is 4.31 Å². The Balaban J connectivity index is 2.33. The molecule has 0 bridgehead atoms. The quantitative estimate of drug-likeness (QED) is 0.740. The molecule has 0 atom stereocenters. The fourth-order valence-corrected chi connectivity index (χ4v) is 6.12. The highest BCUT2D eigenvalue weighted by molar-refractivity contribution is 9.11. The van der Waals surface area contributed by atoms with Crippen molar-refractivity contribution in [1.29, 1.82) is 0 Å². The molecule has 1 aromatic rings. The highest BCUT2D eigenvalue weighted by Crippen LogP contribution is 2.28. The average Bonchev–Trinajstić information content (AvgIpc) is 2.29. The second-order valence-corrected chi connectivity index (χ2v) is 9.20. The van der Waals surface area contributed by atoms with Crippen LogP contribution >= 0.6 is 31.9 Å². The van der Waals surface area contributed by atoms with Crippen molar-refractivity contribution in [3.05, 3.63) is 27.1 Å². The van der Waals surface area contributed by atoms with E-state index in [2.05, 4.69) is 31.9 Å². The SMILES string of the molecule is O=S1CCN(S(=O)(=O)c2ccc(Br)cc2Br)CC1. The van der Waals surface area contributed by atoms with Crippen LogP contribution in [0.5, 0.6) is 0 Å². The molecule has 0 saturated carbocycles. The maximum absolute atomic E-state index is 12.4. The molecule has 1 fully saturated rings. The molecule has 1 aromatic carbocycles. The molecule has 1 heterocycles. The van der Waals surface area contributed by atoms with Gasteiger partial charge in [0.15, 0.2) is 0 Å². The Hall–Kier alpha value is 0.240. The zero-order chi connectivity index (χ0) is 13.3. The lowest BCUT2D eigenvalue weighted by Crippen LogP contribution is -2.41. The molecule has 100 valence electrons. The van der Waals surface area contributed by atoms with Crippen molar-refractivity contribution in [2.24, 2.45) is 0 Å². The lowest BCUT2D eigenvalue weighted by atomic mass is 10.4. The molecule has 0 aromatic heterocycles. The van der Waals surface area contributed by atoms with Crippen LogP contribution in [0.1, 0.15) is 0 Å². The van der Waals surface area contributed by atoms with Gasteiger partial charge in [0.2, 0.25) is 10.0 Å². The number of sulfonamides is 1. The van der Waals surface area contributed by atoms with Crippen molar-refractivity contribution in [2.45, 2.75) is 4.90 Å². The van der Waals surface area contributed by atoms with Crippen molar-refractivity contribution in [3.63, 3.8) is 0 Å². The fourth-order valence-electron chi connectivity index (χ4n) is 1.68. The van der Waals surface area contributed by atoms with Crippen molar-refractivity contribution >= 4 is 52.7 Å². The Kier molecular flexibility index (Phi) is 4.64. The van der Waals surface area contributed by atoms with Gasteiger partial charge in [0, 0.05) is 44.3 Å². The summed E-state index contributed by atoms with van der Waals surface area (Å²) in [5.74, 6) is 0.820. The van der Waals surface area contributed by atoms with Gasteiger partial charge in [0.05, 0.1) is 4.90 Å². The van der Waals surface area contributed by atoms with E-state index in [9.17, 15) is 12.6 Å². The summed E-state index contributed by atoms with van der Waals surface area (Å²) >= 11 is 6.55. The van der Waals surface area contributed by atoms with E-state index >= 15 is 0 Å². The molecular weight excluding hydrogens is 406 g/mol. The van der Waals surface area contributed by atoms with Crippen LogP contribution < -0.4 is 0 Å². The third-order valence-electron chi connectivity index (χ3n) is 2.65. The molecule has 18 heavy (non-hydrogen) atoms. The van der Waals surface area contributed by atoms with E-state index in [1.54, 1.807) is 18.2 Å². The first-order valence-electron chi connectivity index (χ1n) is 5.21.